The molecule has 9 heteroatoms. The van der Waals surface area contributed by atoms with Gasteiger partial charge in [-0.25, -0.2) is 0 Å². The SMILES string of the molecule is O=C(O)CC(c1cccc(OS(=O)(=O)C(F)(F)F)c1)C1CC1. The van der Waals surface area contributed by atoms with E-state index in [-0.39, 0.29) is 18.3 Å². The number of hydrogen-bond donors (Lipinski definition) is 1. The highest BCUT2D eigenvalue weighted by molar-refractivity contribution is 7.88. The number of carboxylic acid groups (broad SMARTS) is 1. The molecule has 0 aromatic heterocycles. The Bertz CT molecular complexity index is 664. The fraction of sp³-hybridized carbons (Fsp3) is 0.462. The maximum absolute atomic E-state index is 12.3. The van der Waals surface area contributed by atoms with E-state index < -0.39 is 27.3 Å². The Hall–Kier alpha value is -1.77. The van der Waals surface area contributed by atoms with Gasteiger partial charge in [-0.1, -0.05) is 12.1 Å². The van der Waals surface area contributed by atoms with Gasteiger partial charge in [-0.2, -0.15) is 21.6 Å². The van der Waals surface area contributed by atoms with Crippen molar-refractivity contribution in [1.29, 1.82) is 0 Å². The van der Waals surface area contributed by atoms with Gasteiger partial charge in [0.1, 0.15) is 5.75 Å². The summed E-state index contributed by atoms with van der Waals surface area (Å²) < 4.78 is 62.9. The highest BCUT2D eigenvalue weighted by Crippen LogP contribution is 2.45. The first kappa shape index (κ1) is 16.6. The Kier molecular flexibility index (Phi) is 4.37. The zero-order chi connectivity index (χ0) is 16.5. The molecule has 0 radical (unpaired) electrons. The molecule has 0 saturated heterocycles. The van der Waals surface area contributed by atoms with Crippen LogP contribution in [0.15, 0.2) is 24.3 Å². The molecule has 1 fully saturated rings. The molecule has 1 atom stereocenters. The molecule has 1 unspecified atom stereocenters. The summed E-state index contributed by atoms with van der Waals surface area (Å²) in [5.74, 6) is -1.72. The van der Waals surface area contributed by atoms with Gasteiger partial charge in [0, 0.05) is 0 Å². The van der Waals surface area contributed by atoms with Crippen molar-refractivity contribution in [1.82, 2.24) is 0 Å². The van der Waals surface area contributed by atoms with E-state index in [2.05, 4.69) is 4.18 Å². The zero-order valence-corrected chi connectivity index (χ0v) is 12.0. The van der Waals surface area contributed by atoms with Gasteiger partial charge in [-0.15, -0.1) is 0 Å². The predicted molar refractivity (Wildman–Crippen MR) is 69.8 cm³/mol. The molecule has 0 aliphatic heterocycles. The van der Waals surface area contributed by atoms with Gasteiger partial charge in [0.05, 0.1) is 6.42 Å². The first-order valence-electron chi connectivity index (χ1n) is 6.42. The van der Waals surface area contributed by atoms with E-state index in [1.165, 1.54) is 6.07 Å². The van der Waals surface area contributed by atoms with Crippen molar-refractivity contribution in [2.75, 3.05) is 0 Å². The largest absolute Gasteiger partial charge is 0.534 e. The molecule has 0 spiro atoms. The number of carbonyl (C=O) groups is 1. The molecule has 1 aromatic carbocycles. The fourth-order valence-electron chi connectivity index (χ4n) is 2.21. The molecule has 0 heterocycles. The lowest BCUT2D eigenvalue weighted by Gasteiger charge is -2.16. The molecule has 1 aliphatic carbocycles. The highest BCUT2D eigenvalue weighted by atomic mass is 32.2. The summed E-state index contributed by atoms with van der Waals surface area (Å²) in [6, 6.07) is 5.12. The molecule has 122 valence electrons. The van der Waals surface area contributed by atoms with Crippen LogP contribution in [0.3, 0.4) is 0 Å². The number of benzene rings is 1. The molecular weight excluding hydrogens is 325 g/mol. The zero-order valence-electron chi connectivity index (χ0n) is 11.2. The molecule has 0 bridgehead atoms. The van der Waals surface area contributed by atoms with E-state index in [9.17, 15) is 26.4 Å². The molecule has 0 amide bonds. The number of carboxylic acids is 1. The van der Waals surface area contributed by atoms with Crippen LogP contribution in [0.2, 0.25) is 0 Å². The van der Waals surface area contributed by atoms with E-state index in [1.54, 1.807) is 6.07 Å². The smallest absolute Gasteiger partial charge is 0.481 e. The highest BCUT2D eigenvalue weighted by Gasteiger charge is 2.48. The Morgan fingerprint density at radius 3 is 2.50 bits per heavy atom. The third-order valence-electron chi connectivity index (χ3n) is 3.36. The lowest BCUT2D eigenvalue weighted by molar-refractivity contribution is -0.137. The first-order chi connectivity index (χ1) is 10.1. The van der Waals surface area contributed by atoms with Crippen molar-refractivity contribution in [3.05, 3.63) is 29.8 Å². The van der Waals surface area contributed by atoms with Crippen LogP contribution in [0.4, 0.5) is 13.2 Å². The summed E-state index contributed by atoms with van der Waals surface area (Å²) in [5.41, 5.74) is -5.06. The third kappa shape index (κ3) is 3.90. The van der Waals surface area contributed by atoms with Crippen LogP contribution in [-0.4, -0.2) is 25.0 Å². The second kappa shape index (κ2) is 5.79. The van der Waals surface area contributed by atoms with Gasteiger partial charge in [0.25, 0.3) is 0 Å². The Labute approximate surface area is 124 Å². The Balaban J connectivity index is 2.24. The van der Waals surface area contributed by atoms with E-state index in [0.717, 1.165) is 25.0 Å². The van der Waals surface area contributed by atoms with Crippen LogP contribution in [-0.2, 0) is 14.9 Å². The summed E-state index contributed by atoms with van der Waals surface area (Å²) >= 11 is 0. The normalized spacial score (nSPS) is 17.0. The van der Waals surface area contributed by atoms with Crippen LogP contribution in [0.5, 0.6) is 5.75 Å². The summed E-state index contributed by atoms with van der Waals surface area (Å²) in [5, 5.41) is 8.91. The summed E-state index contributed by atoms with van der Waals surface area (Å²) in [6.07, 6.45) is 1.51. The summed E-state index contributed by atoms with van der Waals surface area (Å²) in [4.78, 5) is 10.9. The monoisotopic (exact) mass is 338 g/mol. The minimum Gasteiger partial charge on any atom is -0.481 e. The van der Waals surface area contributed by atoms with Gasteiger partial charge >= 0.3 is 21.6 Å². The topological polar surface area (TPSA) is 80.7 Å². The van der Waals surface area contributed by atoms with Crippen LogP contribution in [0, 0.1) is 5.92 Å². The van der Waals surface area contributed by atoms with Crippen LogP contribution < -0.4 is 4.18 Å². The van der Waals surface area contributed by atoms with Gasteiger partial charge in [-0.05, 0) is 42.4 Å². The van der Waals surface area contributed by atoms with Crippen molar-refractivity contribution in [3.8, 4) is 5.75 Å². The molecule has 2 rings (SSSR count). The second-order valence-corrected chi connectivity index (χ2v) is 6.64. The van der Waals surface area contributed by atoms with E-state index >= 15 is 0 Å². The molecule has 5 nitrogen and oxygen atoms in total. The Morgan fingerprint density at radius 2 is 2.00 bits per heavy atom. The number of rotatable bonds is 6. The van der Waals surface area contributed by atoms with Gasteiger partial charge in [-0.3, -0.25) is 4.79 Å². The second-order valence-electron chi connectivity index (χ2n) is 5.10. The quantitative estimate of drug-likeness (QED) is 0.637. The van der Waals surface area contributed by atoms with Crippen LogP contribution >= 0.6 is 0 Å². The van der Waals surface area contributed by atoms with Gasteiger partial charge in [0.2, 0.25) is 0 Å². The lowest BCUT2D eigenvalue weighted by Crippen LogP contribution is -2.28. The van der Waals surface area contributed by atoms with Crippen LogP contribution in [0.25, 0.3) is 0 Å². The average molecular weight is 338 g/mol. The predicted octanol–water partition coefficient (Wildman–Crippen LogP) is 2.88. The summed E-state index contributed by atoms with van der Waals surface area (Å²) in [7, 11) is -5.74. The van der Waals surface area contributed by atoms with Crippen molar-refractivity contribution in [2.24, 2.45) is 5.92 Å². The third-order valence-corrected chi connectivity index (χ3v) is 4.34. The first-order valence-corrected chi connectivity index (χ1v) is 7.83. The minimum atomic E-state index is -5.74. The number of aliphatic carboxylic acids is 1. The fourth-order valence-corrected chi connectivity index (χ4v) is 2.67. The van der Waals surface area contributed by atoms with Crippen LogP contribution in [0.1, 0.15) is 30.7 Å². The van der Waals surface area contributed by atoms with Gasteiger partial charge in [0.15, 0.2) is 0 Å². The number of alkyl halides is 3. The van der Waals surface area contributed by atoms with E-state index in [1.807, 2.05) is 0 Å². The van der Waals surface area contributed by atoms with E-state index in [0.29, 0.717) is 5.56 Å². The molecule has 1 aliphatic rings. The van der Waals surface area contributed by atoms with Crippen molar-refractivity contribution in [3.63, 3.8) is 0 Å². The van der Waals surface area contributed by atoms with Gasteiger partial charge < -0.3 is 9.29 Å². The average Bonchev–Trinajstić information content (AvgIpc) is 3.18. The molecule has 22 heavy (non-hydrogen) atoms. The maximum Gasteiger partial charge on any atom is 0.534 e. The standard InChI is InChI=1S/C13H13F3O5S/c14-13(15,16)22(19,20)21-10-3-1-2-9(6-10)11(7-12(17)18)8-4-5-8/h1-3,6,8,11H,4-5,7H2,(H,17,18). The van der Waals surface area contributed by atoms with E-state index in [4.69, 9.17) is 5.11 Å². The number of hydrogen-bond acceptors (Lipinski definition) is 4. The van der Waals surface area contributed by atoms with Crippen molar-refractivity contribution < 1.29 is 35.7 Å². The molecular formula is C13H13F3O5S. The maximum atomic E-state index is 12.3. The Morgan fingerprint density at radius 1 is 1.36 bits per heavy atom. The summed E-state index contributed by atoms with van der Waals surface area (Å²) in [6.45, 7) is 0. The molecule has 1 N–H and O–H groups in total. The van der Waals surface area contributed by atoms with Crippen molar-refractivity contribution >= 4 is 16.1 Å². The molecule has 1 aromatic rings. The number of halogens is 3. The molecule has 1 saturated carbocycles. The minimum absolute atomic E-state index is 0.144. The van der Waals surface area contributed by atoms with Crippen molar-refractivity contribution in [2.45, 2.75) is 30.7 Å². The lowest BCUT2D eigenvalue weighted by atomic mass is 9.91.